The predicted molar refractivity (Wildman–Crippen MR) is 96.3 cm³/mol. The highest BCUT2D eigenvalue weighted by Gasteiger charge is 2.40. The van der Waals surface area contributed by atoms with Crippen LogP contribution in [0.1, 0.15) is 30.0 Å². The third-order valence-electron chi connectivity index (χ3n) is 4.46. The lowest BCUT2D eigenvalue weighted by Crippen LogP contribution is -2.35. The molecule has 4 nitrogen and oxygen atoms in total. The monoisotopic (exact) mass is 322 g/mol. The van der Waals surface area contributed by atoms with Crippen molar-refractivity contribution in [2.75, 3.05) is 10.2 Å². The molecule has 1 atom stereocenters. The normalized spacial score (nSPS) is 17.5. The van der Waals surface area contributed by atoms with E-state index in [1.54, 1.807) is 0 Å². The smallest absolute Gasteiger partial charge is 0.256 e. The first-order chi connectivity index (χ1) is 11.5. The zero-order chi connectivity index (χ0) is 17.3. The van der Waals surface area contributed by atoms with Gasteiger partial charge in [0.2, 0.25) is 5.91 Å². The summed E-state index contributed by atoms with van der Waals surface area (Å²) in [6, 6.07) is 13.3. The van der Waals surface area contributed by atoms with Crippen LogP contribution in [0.25, 0.3) is 0 Å². The Bertz CT molecular complexity index is 781. The van der Waals surface area contributed by atoms with Gasteiger partial charge < -0.3 is 5.32 Å². The lowest BCUT2D eigenvalue weighted by molar-refractivity contribution is -0.121. The molecule has 0 saturated carbocycles. The zero-order valence-electron chi connectivity index (χ0n) is 14.3. The number of hydrogen-bond donors (Lipinski definition) is 1. The van der Waals surface area contributed by atoms with Gasteiger partial charge in [-0.2, -0.15) is 0 Å². The highest BCUT2D eigenvalue weighted by atomic mass is 16.2. The Morgan fingerprint density at radius 2 is 1.79 bits per heavy atom. The number of anilines is 2. The minimum absolute atomic E-state index is 0.156. The Hall–Kier alpha value is -2.62. The lowest BCUT2D eigenvalue weighted by Gasteiger charge is -2.18. The van der Waals surface area contributed by atoms with Crippen molar-refractivity contribution in [2.24, 2.45) is 0 Å². The largest absolute Gasteiger partial charge is 0.373 e. The number of nitrogens with zero attached hydrogens (tertiary/aromatic N) is 1. The molecule has 1 heterocycles. The van der Waals surface area contributed by atoms with Crippen molar-refractivity contribution in [3.8, 4) is 0 Å². The topological polar surface area (TPSA) is 49.4 Å². The minimum Gasteiger partial charge on any atom is -0.373 e. The molecule has 0 bridgehead atoms. The second kappa shape index (κ2) is 6.48. The first-order valence-electron chi connectivity index (χ1n) is 8.29. The molecular formula is C20H22N2O2. The van der Waals surface area contributed by atoms with E-state index in [9.17, 15) is 9.59 Å². The van der Waals surface area contributed by atoms with Crippen molar-refractivity contribution < 1.29 is 9.59 Å². The van der Waals surface area contributed by atoms with Gasteiger partial charge in [0.1, 0.15) is 6.04 Å². The molecule has 24 heavy (non-hydrogen) atoms. The maximum absolute atomic E-state index is 12.7. The van der Waals surface area contributed by atoms with E-state index in [2.05, 4.69) is 12.2 Å². The second-order valence-corrected chi connectivity index (χ2v) is 6.31. The number of carbonyl (C=O) groups excluding carboxylic acids is 2. The molecule has 1 N–H and O–H groups in total. The van der Waals surface area contributed by atoms with Crippen LogP contribution >= 0.6 is 0 Å². The van der Waals surface area contributed by atoms with Gasteiger partial charge in [0.25, 0.3) is 5.91 Å². The molecule has 2 aromatic carbocycles. The summed E-state index contributed by atoms with van der Waals surface area (Å²) in [7, 11) is 0. The van der Waals surface area contributed by atoms with E-state index < -0.39 is 6.04 Å². The van der Waals surface area contributed by atoms with Crippen LogP contribution in [0, 0.1) is 13.8 Å². The van der Waals surface area contributed by atoms with Crippen molar-refractivity contribution in [1.29, 1.82) is 0 Å². The van der Waals surface area contributed by atoms with Crippen LogP contribution in [0.4, 0.5) is 11.4 Å². The van der Waals surface area contributed by atoms with E-state index in [1.165, 1.54) is 10.5 Å². The zero-order valence-corrected chi connectivity index (χ0v) is 14.3. The molecule has 4 heteroatoms. The second-order valence-electron chi connectivity index (χ2n) is 6.31. The van der Waals surface area contributed by atoms with Crippen LogP contribution in [0.5, 0.6) is 0 Å². The standard InChI is InChI=1S/C20H22N2O2/c1-4-15-7-9-16(10-8-15)21-17-12-19(23)22(20(17)24)18-11-13(2)5-6-14(18)3/h5-11,17,21H,4,12H2,1-3H3. The van der Waals surface area contributed by atoms with Gasteiger partial charge in [-0.15, -0.1) is 0 Å². The maximum atomic E-state index is 12.7. The van der Waals surface area contributed by atoms with Gasteiger partial charge in [-0.3, -0.25) is 9.59 Å². The molecule has 1 aliphatic rings. The van der Waals surface area contributed by atoms with Crippen LogP contribution in [0.3, 0.4) is 0 Å². The number of aryl methyl sites for hydroxylation is 3. The van der Waals surface area contributed by atoms with E-state index in [1.807, 2.05) is 56.3 Å². The number of imide groups is 1. The molecule has 0 radical (unpaired) electrons. The Kier molecular flexibility index (Phi) is 4.38. The molecule has 1 aliphatic heterocycles. The third kappa shape index (κ3) is 3.04. The van der Waals surface area contributed by atoms with E-state index in [0.717, 1.165) is 23.2 Å². The van der Waals surface area contributed by atoms with Crippen molar-refractivity contribution in [1.82, 2.24) is 0 Å². The molecule has 0 aromatic heterocycles. The number of carbonyl (C=O) groups is 2. The van der Waals surface area contributed by atoms with Crippen LogP contribution in [0.15, 0.2) is 42.5 Å². The van der Waals surface area contributed by atoms with Crippen LogP contribution < -0.4 is 10.2 Å². The molecule has 124 valence electrons. The van der Waals surface area contributed by atoms with Crippen molar-refractivity contribution in [2.45, 2.75) is 39.7 Å². The van der Waals surface area contributed by atoms with Gasteiger partial charge in [-0.1, -0.05) is 31.2 Å². The lowest BCUT2D eigenvalue weighted by atomic mass is 10.1. The molecular weight excluding hydrogens is 300 g/mol. The number of benzene rings is 2. The Morgan fingerprint density at radius 3 is 2.46 bits per heavy atom. The van der Waals surface area contributed by atoms with E-state index in [-0.39, 0.29) is 18.2 Å². The van der Waals surface area contributed by atoms with Crippen molar-refractivity contribution in [3.63, 3.8) is 0 Å². The van der Waals surface area contributed by atoms with Crippen LogP contribution in [0.2, 0.25) is 0 Å². The maximum Gasteiger partial charge on any atom is 0.256 e. The fourth-order valence-electron chi connectivity index (χ4n) is 3.00. The van der Waals surface area contributed by atoms with E-state index >= 15 is 0 Å². The Labute approximate surface area is 142 Å². The minimum atomic E-state index is -0.509. The molecule has 2 amide bonds. The van der Waals surface area contributed by atoms with E-state index in [4.69, 9.17) is 0 Å². The summed E-state index contributed by atoms with van der Waals surface area (Å²) in [6.07, 6.45) is 1.16. The molecule has 0 spiro atoms. The first kappa shape index (κ1) is 16.2. The average Bonchev–Trinajstić information content (AvgIpc) is 2.84. The Balaban J connectivity index is 1.82. The van der Waals surface area contributed by atoms with Gasteiger partial charge in [0.05, 0.1) is 12.1 Å². The van der Waals surface area contributed by atoms with Gasteiger partial charge in [0, 0.05) is 5.69 Å². The summed E-state index contributed by atoms with van der Waals surface area (Å²) in [5.41, 5.74) is 4.75. The van der Waals surface area contributed by atoms with Gasteiger partial charge in [-0.25, -0.2) is 4.90 Å². The van der Waals surface area contributed by atoms with Gasteiger partial charge in [-0.05, 0) is 55.2 Å². The van der Waals surface area contributed by atoms with Crippen LogP contribution in [-0.4, -0.2) is 17.9 Å². The summed E-state index contributed by atoms with van der Waals surface area (Å²) >= 11 is 0. The molecule has 1 saturated heterocycles. The highest BCUT2D eigenvalue weighted by molar-refractivity contribution is 6.23. The molecule has 3 rings (SSSR count). The van der Waals surface area contributed by atoms with Gasteiger partial charge >= 0.3 is 0 Å². The summed E-state index contributed by atoms with van der Waals surface area (Å²) < 4.78 is 0. The number of nitrogens with one attached hydrogen (secondary N) is 1. The molecule has 0 aliphatic carbocycles. The number of amides is 2. The quantitative estimate of drug-likeness (QED) is 0.875. The fourth-order valence-corrected chi connectivity index (χ4v) is 3.00. The van der Waals surface area contributed by atoms with Gasteiger partial charge in [0.15, 0.2) is 0 Å². The Morgan fingerprint density at radius 1 is 1.08 bits per heavy atom. The SMILES string of the molecule is CCc1ccc(NC2CC(=O)N(c3cc(C)ccc3C)C2=O)cc1. The summed E-state index contributed by atoms with van der Waals surface area (Å²) in [4.78, 5) is 26.5. The predicted octanol–water partition coefficient (Wildman–Crippen LogP) is 3.61. The summed E-state index contributed by atoms with van der Waals surface area (Å²) in [5, 5.41) is 3.19. The molecule has 2 aromatic rings. The molecule has 1 fully saturated rings. The summed E-state index contributed by atoms with van der Waals surface area (Å²) in [5.74, 6) is -0.343. The fraction of sp³-hybridized carbons (Fsp3) is 0.300. The third-order valence-corrected chi connectivity index (χ3v) is 4.46. The van der Waals surface area contributed by atoms with Crippen LogP contribution in [-0.2, 0) is 16.0 Å². The number of hydrogen-bond acceptors (Lipinski definition) is 3. The van der Waals surface area contributed by atoms with Crippen molar-refractivity contribution in [3.05, 3.63) is 59.2 Å². The summed E-state index contributed by atoms with van der Waals surface area (Å²) in [6.45, 7) is 5.97. The highest BCUT2D eigenvalue weighted by Crippen LogP contribution is 2.28. The number of rotatable bonds is 4. The molecule has 1 unspecified atom stereocenters. The van der Waals surface area contributed by atoms with Crippen molar-refractivity contribution >= 4 is 23.2 Å². The average molecular weight is 322 g/mol. The first-order valence-corrected chi connectivity index (χ1v) is 8.29. The van der Waals surface area contributed by atoms with E-state index in [0.29, 0.717) is 5.69 Å².